The van der Waals surface area contributed by atoms with Gasteiger partial charge in [-0.25, -0.2) is 0 Å². The monoisotopic (exact) mass is 197 g/mol. The topological polar surface area (TPSA) is 57.6 Å². The minimum atomic E-state index is -0.740. The summed E-state index contributed by atoms with van der Waals surface area (Å²) in [7, 11) is 0. The van der Waals surface area contributed by atoms with E-state index in [4.69, 9.17) is 5.11 Å². The molecule has 0 aromatic heterocycles. The molecule has 2 bridgehead atoms. The number of rotatable bonds is 2. The molecule has 14 heavy (non-hydrogen) atoms. The summed E-state index contributed by atoms with van der Waals surface area (Å²) in [6.45, 7) is 2.22. The molecule has 0 radical (unpaired) electrons. The van der Waals surface area contributed by atoms with Crippen LogP contribution in [-0.2, 0) is 9.59 Å². The van der Waals surface area contributed by atoms with Crippen molar-refractivity contribution in [1.82, 2.24) is 4.90 Å². The van der Waals surface area contributed by atoms with Crippen LogP contribution < -0.4 is 0 Å². The van der Waals surface area contributed by atoms with Crippen LogP contribution in [0.15, 0.2) is 0 Å². The first-order valence-electron chi connectivity index (χ1n) is 5.01. The molecule has 78 valence electrons. The summed E-state index contributed by atoms with van der Waals surface area (Å²) in [5.41, 5.74) is -0.109. The SMILES string of the molecule is CC(=O)N1CC2(CC(=O)O)CCC1C2. The summed E-state index contributed by atoms with van der Waals surface area (Å²) in [6, 6.07) is 0.312. The average Bonchev–Trinajstić information content (AvgIpc) is 2.58. The van der Waals surface area contributed by atoms with E-state index in [1.165, 1.54) is 0 Å². The first kappa shape index (κ1) is 9.49. The molecule has 1 N–H and O–H groups in total. The highest BCUT2D eigenvalue weighted by Crippen LogP contribution is 2.49. The van der Waals surface area contributed by atoms with Gasteiger partial charge in [0, 0.05) is 24.9 Å². The molecule has 1 saturated heterocycles. The standard InChI is InChI=1S/C10H15NO3/c1-7(12)11-6-10(5-9(13)14)3-2-8(11)4-10/h8H,2-6H2,1H3,(H,13,14). The molecule has 1 saturated carbocycles. The molecule has 0 aromatic rings. The zero-order valence-corrected chi connectivity index (χ0v) is 8.32. The van der Waals surface area contributed by atoms with Crippen molar-refractivity contribution in [2.45, 2.75) is 38.6 Å². The van der Waals surface area contributed by atoms with Crippen LogP contribution in [0.2, 0.25) is 0 Å². The fourth-order valence-corrected chi connectivity index (χ4v) is 2.98. The molecular formula is C10H15NO3. The Labute approximate surface area is 82.9 Å². The fourth-order valence-electron chi connectivity index (χ4n) is 2.98. The van der Waals surface area contributed by atoms with Crippen molar-refractivity contribution in [3.63, 3.8) is 0 Å². The smallest absolute Gasteiger partial charge is 0.303 e. The van der Waals surface area contributed by atoms with Gasteiger partial charge >= 0.3 is 5.97 Å². The van der Waals surface area contributed by atoms with E-state index in [-0.39, 0.29) is 17.7 Å². The van der Waals surface area contributed by atoms with Crippen LogP contribution in [0.4, 0.5) is 0 Å². The van der Waals surface area contributed by atoms with E-state index in [9.17, 15) is 9.59 Å². The van der Waals surface area contributed by atoms with Crippen LogP contribution in [0.25, 0.3) is 0 Å². The third-order valence-corrected chi connectivity index (χ3v) is 3.55. The molecule has 2 atom stereocenters. The number of likely N-dealkylation sites (tertiary alicyclic amines) is 1. The van der Waals surface area contributed by atoms with Crippen LogP contribution in [0.5, 0.6) is 0 Å². The average molecular weight is 197 g/mol. The van der Waals surface area contributed by atoms with Gasteiger partial charge in [0.2, 0.25) is 5.91 Å². The molecule has 0 spiro atoms. The Morgan fingerprint density at radius 3 is 2.79 bits per heavy atom. The van der Waals surface area contributed by atoms with Crippen molar-refractivity contribution in [2.75, 3.05) is 6.54 Å². The number of carbonyl (C=O) groups is 2. The van der Waals surface area contributed by atoms with Gasteiger partial charge in [0.05, 0.1) is 6.42 Å². The van der Waals surface area contributed by atoms with Gasteiger partial charge in [-0.3, -0.25) is 9.59 Å². The summed E-state index contributed by atoms with van der Waals surface area (Å²) in [5.74, 6) is -0.655. The zero-order valence-electron chi connectivity index (χ0n) is 8.32. The zero-order chi connectivity index (χ0) is 10.3. The number of fused-ring (bicyclic) bond motifs is 2. The highest BCUT2D eigenvalue weighted by molar-refractivity contribution is 5.75. The molecular weight excluding hydrogens is 182 g/mol. The minimum Gasteiger partial charge on any atom is -0.481 e. The molecule has 1 amide bonds. The number of piperidine rings is 1. The second-order valence-electron chi connectivity index (χ2n) is 4.61. The van der Waals surface area contributed by atoms with E-state index in [0.717, 1.165) is 19.3 Å². The lowest BCUT2D eigenvalue weighted by Crippen LogP contribution is -2.39. The normalized spacial score (nSPS) is 34.9. The van der Waals surface area contributed by atoms with Gasteiger partial charge in [0.25, 0.3) is 0 Å². The van der Waals surface area contributed by atoms with Gasteiger partial charge in [-0.2, -0.15) is 0 Å². The minimum absolute atomic E-state index is 0.0852. The summed E-state index contributed by atoms with van der Waals surface area (Å²) < 4.78 is 0. The first-order chi connectivity index (χ1) is 6.52. The Bertz CT molecular complexity index is 289. The molecule has 2 unspecified atom stereocenters. The molecule has 1 aliphatic carbocycles. The van der Waals surface area contributed by atoms with Crippen LogP contribution in [0.1, 0.15) is 32.6 Å². The second kappa shape index (κ2) is 2.97. The number of hydrogen-bond acceptors (Lipinski definition) is 2. The van der Waals surface area contributed by atoms with Crippen molar-refractivity contribution in [3.05, 3.63) is 0 Å². The van der Waals surface area contributed by atoms with E-state index in [1.807, 2.05) is 4.90 Å². The highest BCUT2D eigenvalue weighted by atomic mass is 16.4. The summed E-state index contributed by atoms with van der Waals surface area (Å²) >= 11 is 0. The van der Waals surface area contributed by atoms with Gasteiger partial charge in [0.1, 0.15) is 0 Å². The Kier molecular flexibility index (Phi) is 2.01. The first-order valence-corrected chi connectivity index (χ1v) is 5.01. The van der Waals surface area contributed by atoms with E-state index in [0.29, 0.717) is 12.6 Å². The lowest BCUT2D eigenvalue weighted by Gasteiger charge is -2.30. The van der Waals surface area contributed by atoms with Crippen molar-refractivity contribution >= 4 is 11.9 Å². The maximum Gasteiger partial charge on any atom is 0.303 e. The second-order valence-corrected chi connectivity index (χ2v) is 4.61. The maximum absolute atomic E-state index is 11.2. The Balaban J connectivity index is 2.10. The van der Waals surface area contributed by atoms with E-state index in [2.05, 4.69) is 0 Å². The number of carboxylic acid groups (broad SMARTS) is 1. The van der Waals surface area contributed by atoms with Gasteiger partial charge in [0.15, 0.2) is 0 Å². The van der Waals surface area contributed by atoms with Crippen LogP contribution in [0, 0.1) is 5.41 Å². The van der Waals surface area contributed by atoms with Gasteiger partial charge in [-0.1, -0.05) is 0 Å². The van der Waals surface area contributed by atoms with Crippen LogP contribution >= 0.6 is 0 Å². The van der Waals surface area contributed by atoms with E-state index < -0.39 is 5.97 Å². The lowest BCUT2D eigenvalue weighted by molar-refractivity contribution is -0.140. The van der Waals surface area contributed by atoms with Crippen molar-refractivity contribution < 1.29 is 14.7 Å². The van der Waals surface area contributed by atoms with E-state index in [1.54, 1.807) is 6.92 Å². The largest absolute Gasteiger partial charge is 0.481 e. The van der Waals surface area contributed by atoms with Crippen molar-refractivity contribution in [1.29, 1.82) is 0 Å². The number of nitrogens with zero attached hydrogens (tertiary/aromatic N) is 1. The van der Waals surface area contributed by atoms with Gasteiger partial charge < -0.3 is 10.0 Å². The third-order valence-electron chi connectivity index (χ3n) is 3.55. The van der Waals surface area contributed by atoms with Crippen molar-refractivity contribution in [2.24, 2.45) is 5.41 Å². The highest BCUT2D eigenvalue weighted by Gasteiger charge is 2.51. The Morgan fingerprint density at radius 1 is 1.57 bits per heavy atom. The predicted molar refractivity (Wildman–Crippen MR) is 49.7 cm³/mol. The molecule has 2 fully saturated rings. The molecule has 1 heterocycles. The molecule has 0 aromatic carbocycles. The number of carbonyl (C=O) groups excluding carboxylic acids is 1. The lowest BCUT2D eigenvalue weighted by atomic mass is 9.84. The summed E-state index contributed by atoms with van der Waals surface area (Å²) in [5, 5.41) is 8.81. The molecule has 2 rings (SSSR count). The van der Waals surface area contributed by atoms with Crippen LogP contribution in [0.3, 0.4) is 0 Å². The fraction of sp³-hybridized carbons (Fsp3) is 0.800. The molecule has 1 aliphatic heterocycles. The summed E-state index contributed by atoms with van der Waals surface area (Å²) in [4.78, 5) is 23.8. The molecule has 4 heteroatoms. The van der Waals surface area contributed by atoms with Crippen molar-refractivity contribution in [3.8, 4) is 0 Å². The number of amides is 1. The van der Waals surface area contributed by atoms with E-state index >= 15 is 0 Å². The Hall–Kier alpha value is -1.06. The maximum atomic E-state index is 11.2. The van der Waals surface area contributed by atoms with Crippen LogP contribution in [-0.4, -0.2) is 34.5 Å². The number of aliphatic carboxylic acids is 1. The molecule has 2 aliphatic rings. The summed E-state index contributed by atoms with van der Waals surface area (Å²) in [6.07, 6.45) is 3.05. The van der Waals surface area contributed by atoms with Gasteiger partial charge in [-0.15, -0.1) is 0 Å². The van der Waals surface area contributed by atoms with Gasteiger partial charge in [-0.05, 0) is 19.3 Å². The predicted octanol–water partition coefficient (Wildman–Crippen LogP) is 0.862. The third kappa shape index (κ3) is 1.38. The number of carboxylic acids is 1. The quantitative estimate of drug-likeness (QED) is 0.714. The molecule has 4 nitrogen and oxygen atoms in total. The Morgan fingerprint density at radius 2 is 2.29 bits per heavy atom. The number of hydrogen-bond donors (Lipinski definition) is 1.